The molecule has 0 fully saturated rings. The summed E-state index contributed by atoms with van der Waals surface area (Å²) >= 11 is 0. The summed E-state index contributed by atoms with van der Waals surface area (Å²) in [6.07, 6.45) is 5.97. The predicted octanol–water partition coefficient (Wildman–Crippen LogP) is 2.15. The second-order valence-electron chi connectivity index (χ2n) is 11.1. The minimum atomic E-state index is -1.80. The van der Waals surface area contributed by atoms with Gasteiger partial charge in [0.15, 0.2) is 0 Å². The number of unbranched alkanes of at least 4 members (excludes halogenated alkanes) is 2. The number of halogens is 2. The molecule has 0 aliphatic carbocycles. The monoisotopic (exact) mass is 752 g/mol. The highest BCUT2D eigenvalue weighted by Gasteiger charge is 2.46. The Bertz CT molecular complexity index is 1340. The Kier molecular flexibility index (Phi) is 13.4. The largest absolute Gasteiger partial charge is 1.00 e. The lowest BCUT2D eigenvalue weighted by Gasteiger charge is -2.29. The lowest BCUT2D eigenvalue weighted by molar-refractivity contribution is -0.001000. The lowest BCUT2D eigenvalue weighted by Crippen LogP contribution is -3.00. The van der Waals surface area contributed by atoms with E-state index in [1.165, 1.54) is 63.4 Å². The summed E-state index contributed by atoms with van der Waals surface area (Å²) in [6.45, 7) is 0. The molecule has 6 aromatic carbocycles. The maximum atomic E-state index is 2.37. The molecular formula is C41H40Br2P2. The van der Waals surface area contributed by atoms with Crippen molar-refractivity contribution in [2.24, 2.45) is 0 Å². The molecule has 0 nitrogen and oxygen atoms in total. The topological polar surface area (TPSA) is 0 Å². The van der Waals surface area contributed by atoms with E-state index in [4.69, 9.17) is 0 Å². The van der Waals surface area contributed by atoms with E-state index in [2.05, 4.69) is 182 Å². The van der Waals surface area contributed by atoms with Crippen LogP contribution in [-0.2, 0) is 0 Å². The number of benzene rings is 6. The van der Waals surface area contributed by atoms with Gasteiger partial charge >= 0.3 is 0 Å². The first-order chi connectivity index (χ1) is 21.3. The van der Waals surface area contributed by atoms with Crippen molar-refractivity contribution in [1.82, 2.24) is 0 Å². The van der Waals surface area contributed by atoms with Gasteiger partial charge in [0.1, 0.15) is 46.4 Å². The number of rotatable bonds is 12. The summed E-state index contributed by atoms with van der Waals surface area (Å²) in [4.78, 5) is 0. The van der Waals surface area contributed by atoms with Crippen LogP contribution >= 0.6 is 14.5 Å². The zero-order valence-corrected chi connectivity index (χ0v) is 30.5. The molecule has 0 spiro atoms. The zero-order valence-electron chi connectivity index (χ0n) is 25.5. The van der Waals surface area contributed by atoms with Crippen LogP contribution in [0, 0.1) is 0 Å². The summed E-state index contributed by atoms with van der Waals surface area (Å²) < 4.78 is 0. The molecular weight excluding hydrogens is 714 g/mol. The third-order valence-corrected chi connectivity index (χ3v) is 17.7. The average Bonchev–Trinajstić information content (AvgIpc) is 3.11. The molecule has 0 radical (unpaired) electrons. The van der Waals surface area contributed by atoms with Gasteiger partial charge < -0.3 is 34.0 Å². The third kappa shape index (κ3) is 7.59. The van der Waals surface area contributed by atoms with E-state index in [0.717, 1.165) is 0 Å². The predicted molar refractivity (Wildman–Crippen MR) is 194 cm³/mol. The summed E-state index contributed by atoms with van der Waals surface area (Å²) in [5.41, 5.74) is 0. The molecule has 4 heteroatoms. The maximum Gasteiger partial charge on any atom is 0.112 e. The molecule has 0 aromatic heterocycles. The average molecular weight is 755 g/mol. The molecule has 0 unspecified atom stereocenters. The zero-order chi connectivity index (χ0) is 29.2. The van der Waals surface area contributed by atoms with E-state index >= 15 is 0 Å². The Labute approximate surface area is 292 Å². The van der Waals surface area contributed by atoms with Gasteiger partial charge in [-0.15, -0.1) is 0 Å². The fraction of sp³-hybridized carbons (Fsp3) is 0.122. The Hall–Kier alpha value is -2.86. The van der Waals surface area contributed by atoms with Crippen LogP contribution in [0.4, 0.5) is 0 Å². The smallest absolute Gasteiger partial charge is 0.112 e. The first-order valence-electron chi connectivity index (χ1n) is 15.4. The molecule has 6 aromatic rings. The molecule has 0 N–H and O–H groups in total. The van der Waals surface area contributed by atoms with E-state index in [9.17, 15) is 0 Å². The van der Waals surface area contributed by atoms with E-state index in [0.29, 0.717) is 0 Å². The van der Waals surface area contributed by atoms with Crippen molar-refractivity contribution in [3.63, 3.8) is 0 Å². The first-order valence-corrected chi connectivity index (χ1v) is 19.4. The van der Waals surface area contributed by atoms with Crippen molar-refractivity contribution < 1.29 is 34.0 Å². The van der Waals surface area contributed by atoms with Crippen molar-refractivity contribution in [3.8, 4) is 0 Å². The minimum absolute atomic E-state index is 0. The highest BCUT2D eigenvalue weighted by molar-refractivity contribution is 7.96. The van der Waals surface area contributed by atoms with Gasteiger partial charge in [-0.05, 0) is 92.1 Å². The van der Waals surface area contributed by atoms with Crippen molar-refractivity contribution in [1.29, 1.82) is 0 Å². The van der Waals surface area contributed by atoms with E-state index in [1.54, 1.807) is 0 Å². The Morgan fingerprint density at radius 1 is 0.244 bits per heavy atom. The molecule has 0 saturated carbocycles. The second kappa shape index (κ2) is 17.2. The fourth-order valence-electron chi connectivity index (χ4n) is 6.64. The summed E-state index contributed by atoms with van der Waals surface area (Å²) in [6, 6.07) is 67.9. The maximum absolute atomic E-state index is 2.37. The lowest BCUT2D eigenvalue weighted by atomic mass is 10.3. The van der Waals surface area contributed by atoms with Gasteiger partial charge in [0.25, 0.3) is 0 Å². The number of hydrogen-bond acceptors (Lipinski definition) is 0. The molecule has 45 heavy (non-hydrogen) atoms. The first kappa shape index (κ1) is 35.0. The quantitative estimate of drug-likeness (QED) is 0.133. The van der Waals surface area contributed by atoms with Gasteiger partial charge in [0.05, 0.1) is 12.3 Å². The normalized spacial score (nSPS) is 11.2. The Morgan fingerprint density at radius 2 is 0.422 bits per heavy atom. The van der Waals surface area contributed by atoms with E-state index < -0.39 is 14.5 Å². The number of hydrogen-bond donors (Lipinski definition) is 0. The van der Waals surface area contributed by atoms with Crippen LogP contribution < -0.4 is 65.8 Å². The molecule has 0 aliphatic heterocycles. The van der Waals surface area contributed by atoms with Crippen LogP contribution in [0.3, 0.4) is 0 Å². The van der Waals surface area contributed by atoms with Crippen LogP contribution in [0.2, 0.25) is 0 Å². The van der Waals surface area contributed by atoms with E-state index in [-0.39, 0.29) is 34.0 Å². The minimum Gasteiger partial charge on any atom is -1.00 e. The second-order valence-corrected chi connectivity index (χ2v) is 18.4. The molecule has 0 amide bonds. The van der Waals surface area contributed by atoms with Crippen molar-refractivity contribution in [2.45, 2.75) is 19.3 Å². The fourth-order valence-corrected chi connectivity index (χ4v) is 15.5. The van der Waals surface area contributed by atoms with Crippen molar-refractivity contribution in [3.05, 3.63) is 182 Å². The van der Waals surface area contributed by atoms with Crippen molar-refractivity contribution in [2.75, 3.05) is 12.3 Å². The van der Waals surface area contributed by atoms with Gasteiger partial charge in [0, 0.05) is 0 Å². The van der Waals surface area contributed by atoms with Crippen LogP contribution in [0.15, 0.2) is 182 Å². The van der Waals surface area contributed by atoms with Gasteiger partial charge in [-0.2, -0.15) is 0 Å². The summed E-state index contributed by atoms with van der Waals surface area (Å²) in [7, 11) is -3.60. The summed E-state index contributed by atoms with van der Waals surface area (Å²) in [5, 5.41) is 8.87. The molecule has 0 bridgehead atoms. The van der Waals surface area contributed by atoms with E-state index in [1.807, 2.05) is 0 Å². The van der Waals surface area contributed by atoms with Gasteiger partial charge in [0.2, 0.25) is 0 Å². The SMILES string of the molecule is [Br-].[Br-].c1ccc([P+](CCCCC[P+](c2ccccc2)(c2ccccc2)c2ccccc2)(c2ccccc2)c2ccccc2)cc1. The van der Waals surface area contributed by atoms with Crippen molar-refractivity contribution >= 4 is 46.4 Å². The van der Waals surface area contributed by atoms with Crippen LogP contribution in [0.1, 0.15) is 19.3 Å². The molecule has 228 valence electrons. The van der Waals surface area contributed by atoms with Gasteiger partial charge in [-0.1, -0.05) is 109 Å². The van der Waals surface area contributed by atoms with Crippen LogP contribution in [0.5, 0.6) is 0 Å². The molecule has 6 rings (SSSR count). The molecule has 0 aliphatic rings. The molecule has 0 heterocycles. The Balaban J connectivity index is 0.00000230. The highest BCUT2D eigenvalue weighted by atomic mass is 79.9. The highest BCUT2D eigenvalue weighted by Crippen LogP contribution is 2.58. The standard InChI is InChI=1S/C41H40P2.2BrH/c1-8-22-36(23-9-1)42(37-24-10-2-11-25-37,38-26-12-3-13-27-38)34-20-7-21-35-43(39-28-14-4-15-29-39,40-30-16-5-17-31-40)41-32-18-6-19-33-41;;/h1-6,8-19,22-33H,7,20-21,34-35H2;2*1H/q+2;;/p-2. The summed E-state index contributed by atoms with van der Waals surface area (Å²) in [5.74, 6) is 0. The molecule has 0 atom stereocenters. The Morgan fingerprint density at radius 3 is 0.600 bits per heavy atom. The van der Waals surface area contributed by atoms with Crippen LogP contribution in [-0.4, -0.2) is 12.3 Å². The third-order valence-electron chi connectivity index (χ3n) is 8.67. The van der Waals surface area contributed by atoms with Crippen LogP contribution in [0.25, 0.3) is 0 Å². The van der Waals surface area contributed by atoms with Gasteiger partial charge in [-0.25, -0.2) is 0 Å². The molecule has 0 saturated heterocycles. The van der Waals surface area contributed by atoms with Gasteiger partial charge in [-0.3, -0.25) is 0 Å².